The Morgan fingerprint density at radius 2 is 1.60 bits per heavy atom. The van der Waals surface area contributed by atoms with Crippen LogP contribution in [-0.2, 0) is 20.6 Å². The van der Waals surface area contributed by atoms with Crippen molar-refractivity contribution in [3.8, 4) is 11.5 Å². The fraction of sp³-hybridized carbons (Fsp3) is 0.267. The molecule has 43 heavy (non-hydrogen) atoms. The lowest BCUT2D eigenvalue weighted by Crippen LogP contribution is -2.36. The van der Waals surface area contributed by atoms with Gasteiger partial charge in [0.2, 0.25) is 12.3 Å². The van der Waals surface area contributed by atoms with Gasteiger partial charge in [-0.2, -0.15) is 0 Å². The van der Waals surface area contributed by atoms with Crippen molar-refractivity contribution >= 4 is 57.3 Å². The van der Waals surface area contributed by atoms with Gasteiger partial charge in [0.05, 0.1) is 36.7 Å². The number of aromatic nitrogens is 2. The fourth-order valence-corrected chi connectivity index (χ4v) is 5.54. The van der Waals surface area contributed by atoms with E-state index in [0.29, 0.717) is 64.3 Å². The summed E-state index contributed by atoms with van der Waals surface area (Å²) in [5, 5.41) is 6.14. The van der Waals surface area contributed by atoms with Crippen LogP contribution in [0.2, 0.25) is 0 Å². The molecule has 2 heterocycles. The van der Waals surface area contributed by atoms with E-state index in [1.807, 2.05) is 29.2 Å². The summed E-state index contributed by atoms with van der Waals surface area (Å²) in [6, 6.07) is 19.6. The first-order valence-corrected chi connectivity index (χ1v) is 14.9. The molecule has 1 saturated heterocycles. The van der Waals surface area contributed by atoms with Crippen molar-refractivity contribution in [2.45, 2.75) is 11.3 Å². The number of amides is 2. The zero-order valence-corrected chi connectivity index (χ0v) is 24.7. The molecule has 0 radical (unpaired) electrons. The van der Waals surface area contributed by atoms with Crippen molar-refractivity contribution in [1.29, 1.82) is 0 Å². The van der Waals surface area contributed by atoms with Gasteiger partial charge >= 0.3 is 0 Å². The number of hydrogen-bond donors (Lipinski definition) is 3. The number of nitrogens with one attached hydrogen (secondary N) is 3. The summed E-state index contributed by atoms with van der Waals surface area (Å²) in [4.78, 5) is 37.4. The number of nitrogens with zero attached hydrogens (tertiary/aromatic N) is 4. The van der Waals surface area contributed by atoms with Gasteiger partial charge in [-0.1, -0.05) is 18.2 Å². The molecule has 4 aromatic rings. The first kappa shape index (κ1) is 29.7. The maximum Gasteiger partial charge on any atom is 0.238 e. The Labute approximate surface area is 252 Å². The Kier molecular flexibility index (Phi) is 9.64. The number of rotatable bonds is 11. The summed E-state index contributed by atoms with van der Waals surface area (Å²) in [7, 11) is 1.40. The molecular formula is C30H33N7O5S. The van der Waals surface area contributed by atoms with Crippen LogP contribution in [0.4, 0.5) is 23.0 Å². The molecule has 0 spiro atoms. The summed E-state index contributed by atoms with van der Waals surface area (Å²) in [6.07, 6.45) is 1.66. The molecule has 1 atom stereocenters. The minimum Gasteiger partial charge on any atom is -0.497 e. The lowest BCUT2D eigenvalue weighted by molar-refractivity contribution is -0.118. The van der Waals surface area contributed by atoms with Crippen LogP contribution >= 0.6 is 0 Å². The van der Waals surface area contributed by atoms with Gasteiger partial charge in [0.1, 0.15) is 11.5 Å². The maximum absolute atomic E-state index is 13.5. The third-order valence-electron chi connectivity index (χ3n) is 6.85. The van der Waals surface area contributed by atoms with E-state index in [1.54, 1.807) is 61.6 Å². The van der Waals surface area contributed by atoms with Gasteiger partial charge in [-0.25, -0.2) is 14.2 Å². The molecule has 0 aliphatic carbocycles. The second-order valence-electron chi connectivity index (χ2n) is 9.85. The first-order chi connectivity index (χ1) is 20.9. The average molecular weight is 604 g/mol. The molecule has 5 rings (SSSR count). The van der Waals surface area contributed by atoms with Gasteiger partial charge in [-0.15, -0.1) is 0 Å². The van der Waals surface area contributed by atoms with Gasteiger partial charge in [0, 0.05) is 55.8 Å². The Morgan fingerprint density at radius 3 is 2.30 bits per heavy atom. The molecule has 0 bridgehead atoms. The van der Waals surface area contributed by atoms with Crippen LogP contribution < -0.4 is 24.8 Å². The number of hydrogen-bond acceptors (Lipinski definition) is 9. The van der Waals surface area contributed by atoms with E-state index >= 15 is 0 Å². The number of methoxy groups -OCH3 is 2. The smallest absolute Gasteiger partial charge is 0.238 e. The normalized spacial score (nSPS) is 14.4. The summed E-state index contributed by atoms with van der Waals surface area (Å²) >= 11 is 0. The second kappa shape index (κ2) is 13.9. The molecular weight excluding hydrogens is 570 g/mol. The summed E-state index contributed by atoms with van der Waals surface area (Å²) in [5.74, 6) is 1.63. The molecule has 3 aromatic carbocycles. The molecule has 2 amide bonds. The van der Waals surface area contributed by atoms with Crippen molar-refractivity contribution in [1.82, 2.24) is 19.8 Å². The molecule has 1 aliphatic heterocycles. The van der Waals surface area contributed by atoms with Gasteiger partial charge in [-0.3, -0.25) is 19.2 Å². The minimum absolute atomic E-state index is 0.184. The largest absolute Gasteiger partial charge is 0.497 e. The Hall–Kier alpha value is -4.75. The predicted molar refractivity (Wildman–Crippen MR) is 166 cm³/mol. The molecule has 224 valence electrons. The molecule has 0 saturated carbocycles. The standard InChI is InChI=1S/C30H33N7O5S/c1-41-23-15-22(16-24(18-23)42-2)32-29-30(34-27-10-4-3-9-26(27)33-29)35-43(40)25-8-5-7-21(17-25)31-28(39)19-36-11-6-12-37(20-38)14-13-36/h3-5,7-10,15-18,20H,6,11-14,19H2,1-2H3,(H,31,39)(H,32,33)(H,34,35). The highest BCUT2D eigenvalue weighted by atomic mass is 32.2. The average Bonchev–Trinajstić information content (AvgIpc) is 3.26. The number of anilines is 4. The highest BCUT2D eigenvalue weighted by Gasteiger charge is 2.18. The molecule has 13 heteroatoms. The van der Waals surface area contributed by atoms with E-state index in [4.69, 9.17) is 14.5 Å². The molecule has 1 unspecified atom stereocenters. The predicted octanol–water partition coefficient (Wildman–Crippen LogP) is 3.63. The quantitative estimate of drug-likeness (QED) is 0.220. The van der Waals surface area contributed by atoms with Crippen LogP contribution in [0.25, 0.3) is 11.0 Å². The number of para-hydroxylation sites is 2. The number of carbonyl (C=O) groups excluding carboxylic acids is 2. The van der Waals surface area contributed by atoms with E-state index in [0.717, 1.165) is 19.4 Å². The monoisotopic (exact) mass is 603 g/mol. The van der Waals surface area contributed by atoms with Crippen LogP contribution in [0.15, 0.2) is 71.6 Å². The molecule has 3 N–H and O–H groups in total. The number of benzene rings is 3. The van der Waals surface area contributed by atoms with Crippen molar-refractivity contribution in [2.75, 3.05) is 62.3 Å². The van der Waals surface area contributed by atoms with Crippen LogP contribution in [0.3, 0.4) is 0 Å². The molecule has 1 fully saturated rings. The van der Waals surface area contributed by atoms with Crippen molar-refractivity contribution < 1.29 is 23.3 Å². The summed E-state index contributed by atoms with van der Waals surface area (Å²) < 4.78 is 27.3. The number of fused-ring (bicyclic) bond motifs is 1. The van der Waals surface area contributed by atoms with E-state index in [1.165, 1.54) is 0 Å². The Morgan fingerprint density at radius 1 is 0.884 bits per heavy atom. The third-order valence-corrected chi connectivity index (χ3v) is 7.91. The van der Waals surface area contributed by atoms with Crippen molar-refractivity contribution in [3.05, 3.63) is 66.7 Å². The van der Waals surface area contributed by atoms with Crippen LogP contribution in [0.1, 0.15) is 6.42 Å². The Balaban J connectivity index is 1.32. The molecule has 12 nitrogen and oxygen atoms in total. The topological polar surface area (TPSA) is 138 Å². The third kappa shape index (κ3) is 7.76. The van der Waals surface area contributed by atoms with E-state index in [2.05, 4.69) is 20.3 Å². The first-order valence-electron chi connectivity index (χ1n) is 13.7. The zero-order chi connectivity index (χ0) is 30.2. The lowest BCUT2D eigenvalue weighted by Gasteiger charge is -2.19. The van der Waals surface area contributed by atoms with E-state index in [9.17, 15) is 13.8 Å². The highest BCUT2D eigenvalue weighted by Crippen LogP contribution is 2.31. The maximum atomic E-state index is 13.5. The van der Waals surface area contributed by atoms with Gasteiger partial charge in [0.25, 0.3) is 0 Å². The van der Waals surface area contributed by atoms with Gasteiger partial charge in [0.15, 0.2) is 22.6 Å². The van der Waals surface area contributed by atoms with Crippen LogP contribution in [0.5, 0.6) is 11.5 Å². The summed E-state index contributed by atoms with van der Waals surface area (Å²) in [5.41, 5.74) is 2.45. The second-order valence-corrected chi connectivity index (χ2v) is 11.1. The van der Waals surface area contributed by atoms with Crippen molar-refractivity contribution in [2.24, 2.45) is 0 Å². The number of carbonyl (C=O) groups is 2. The Bertz CT molecular complexity index is 1610. The lowest BCUT2D eigenvalue weighted by atomic mass is 10.2. The van der Waals surface area contributed by atoms with Gasteiger partial charge < -0.3 is 25.0 Å². The fourth-order valence-electron chi connectivity index (χ4n) is 4.67. The summed E-state index contributed by atoms with van der Waals surface area (Å²) in [6.45, 7) is 2.85. The molecule has 1 aliphatic rings. The van der Waals surface area contributed by atoms with Gasteiger partial charge in [-0.05, 0) is 36.8 Å². The SMILES string of the molecule is COc1cc(Nc2nc3ccccc3nc2NS(=O)c2cccc(NC(=O)CN3CCCN(C=O)CC3)c2)cc(OC)c1. The van der Waals surface area contributed by atoms with Crippen LogP contribution in [-0.4, -0.2) is 83.2 Å². The molecule has 1 aromatic heterocycles. The number of ether oxygens (including phenoxy) is 2. The minimum atomic E-state index is -1.74. The van der Waals surface area contributed by atoms with Crippen LogP contribution in [0, 0.1) is 0 Å². The zero-order valence-electron chi connectivity index (χ0n) is 23.9. The van der Waals surface area contributed by atoms with E-state index < -0.39 is 11.0 Å². The van der Waals surface area contributed by atoms with Crippen molar-refractivity contribution in [3.63, 3.8) is 0 Å². The van der Waals surface area contributed by atoms with E-state index in [-0.39, 0.29) is 18.3 Å². The highest BCUT2D eigenvalue weighted by molar-refractivity contribution is 7.86.